The first kappa shape index (κ1) is 11.5. The number of carbonyl (C=O) groups is 1. The Morgan fingerprint density at radius 2 is 2.25 bits per heavy atom. The minimum Gasteiger partial charge on any atom is -0.371 e. The van der Waals surface area contributed by atoms with Gasteiger partial charge in [-0.3, -0.25) is 4.79 Å². The second-order valence-corrected chi connectivity index (χ2v) is 4.74. The van der Waals surface area contributed by atoms with Crippen molar-refractivity contribution in [2.75, 3.05) is 18.0 Å². The van der Waals surface area contributed by atoms with Gasteiger partial charge in [0.25, 0.3) is 0 Å². The number of hydrogen-bond acceptors (Lipinski definition) is 2. The van der Waals surface area contributed by atoms with Crippen molar-refractivity contribution in [2.45, 2.75) is 19.8 Å². The topological polar surface area (TPSA) is 20.3 Å². The van der Waals surface area contributed by atoms with Crippen LogP contribution in [0.3, 0.4) is 0 Å². The lowest BCUT2D eigenvalue weighted by Gasteiger charge is -2.24. The normalized spacial score (nSPS) is 14.9. The van der Waals surface area contributed by atoms with E-state index in [1.54, 1.807) is 6.07 Å². The zero-order valence-electron chi connectivity index (χ0n) is 9.45. The first-order valence-corrected chi connectivity index (χ1v) is 6.12. The molecular weight excluding hydrogens is 222 g/mol. The molecule has 16 heavy (non-hydrogen) atoms. The highest BCUT2D eigenvalue weighted by Gasteiger charge is 2.24. The number of rotatable bonds is 5. The number of anilines is 1. The van der Waals surface area contributed by atoms with Crippen LogP contribution in [0.2, 0.25) is 5.02 Å². The number of hydrogen-bond donors (Lipinski definition) is 0. The van der Waals surface area contributed by atoms with Crippen LogP contribution in [-0.2, 0) is 0 Å². The summed E-state index contributed by atoms with van der Waals surface area (Å²) < 4.78 is 0. The van der Waals surface area contributed by atoms with Crippen molar-refractivity contribution >= 4 is 23.6 Å². The van der Waals surface area contributed by atoms with E-state index in [0.29, 0.717) is 10.6 Å². The molecule has 0 aliphatic heterocycles. The summed E-state index contributed by atoms with van der Waals surface area (Å²) in [6.07, 6.45) is 3.53. The molecule has 0 radical (unpaired) electrons. The molecule has 1 aliphatic carbocycles. The fraction of sp³-hybridized carbons (Fsp3) is 0.462. The van der Waals surface area contributed by atoms with Crippen LogP contribution < -0.4 is 4.90 Å². The predicted octanol–water partition coefficient (Wildman–Crippen LogP) is 3.39. The molecule has 2 nitrogen and oxygen atoms in total. The maximum Gasteiger partial charge on any atom is 0.152 e. The molecular formula is C13H16ClNO. The average molecular weight is 238 g/mol. The molecule has 3 heteroatoms. The Hall–Kier alpha value is -1.02. The Morgan fingerprint density at radius 3 is 2.81 bits per heavy atom. The Labute approximate surface area is 101 Å². The van der Waals surface area contributed by atoms with E-state index in [2.05, 4.69) is 11.8 Å². The fourth-order valence-corrected chi connectivity index (χ4v) is 2.10. The van der Waals surface area contributed by atoms with Gasteiger partial charge in [-0.2, -0.15) is 0 Å². The van der Waals surface area contributed by atoms with Gasteiger partial charge in [-0.1, -0.05) is 11.6 Å². The summed E-state index contributed by atoms with van der Waals surface area (Å²) in [7, 11) is 0. The van der Waals surface area contributed by atoms with Gasteiger partial charge in [0.2, 0.25) is 0 Å². The van der Waals surface area contributed by atoms with Gasteiger partial charge in [0.1, 0.15) is 0 Å². The summed E-state index contributed by atoms with van der Waals surface area (Å²) in [4.78, 5) is 13.3. The third kappa shape index (κ3) is 2.56. The van der Waals surface area contributed by atoms with Crippen molar-refractivity contribution in [1.82, 2.24) is 0 Å². The highest BCUT2D eigenvalue weighted by Crippen LogP contribution is 2.32. The van der Waals surface area contributed by atoms with Crippen LogP contribution in [0.4, 0.5) is 5.69 Å². The van der Waals surface area contributed by atoms with Crippen LogP contribution in [0.1, 0.15) is 30.1 Å². The summed E-state index contributed by atoms with van der Waals surface area (Å²) in [6.45, 7) is 4.10. The smallest absolute Gasteiger partial charge is 0.152 e. The maximum atomic E-state index is 11.0. The van der Waals surface area contributed by atoms with Gasteiger partial charge in [0, 0.05) is 29.4 Å². The number of benzene rings is 1. The molecule has 0 N–H and O–H groups in total. The molecule has 1 saturated carbocycles. The lowest BCUT2D eigenvalue weighted by Crippen LogP contribution is -2.26. The van der Waals surface area contributed by atoms with Crippen LogP contribution in [0.25, 0.3) is 0 Å². The summed E-state index contributed by atoms with van der Waals surface area (Å²) in [5.41, 5.74) is 1.70. The number of aldehydes is 1. The van der Waals surface area contributed by atoms with Gasteiger partial charge in [-0.25, -0.2) is 0 Å². The molecule has 1 aromatic rings. The third-order valence-corrected chi connectivity index (χ3v) is 3.25. The Kier molecular flexibility index (Phi) is 3.49. The minimum absolute atomic E-state index is 0.619. The Bertz CT molecular complexity index is 388. The zero-order valence-corrected chi connectivity index (χ0v) is 10.2. The molecule has 0 heterocycles. The highest BCUT2D eigenvalue weighted by atomic mass is 35.5. The van der Waals surface area contributed by atoms with E-state index in [1.807, 2.05) is 12.1 Å². The molecule has 0 unspecified atom stereocenters. The first-order chi connectivity index (χ1) is 7.74. The monoisotopic (exact) mass is 237 g/mol. The van der Waals surface area contributed by atoms with Gasteiger partial charge in [-0.05, 0) is 43.9 Å². The predicted molar refractivity (Wildman–Crippen MR) is 67.5 cm³/mol. The van der Waals surface area contributed by atoms with Crippen LogP contribution in [-0.4, -0.2) is 19.4 Å². The van der Waals surface area contributed by atoms with Gasteiger partial charge in [0.15, 0.2) is 6.29 Å². The lowest BCUT2D eigenvalue weighted by molar-refractivity contribution is 0.112. The maximum absolute atomic E-state index is 11.0. The van der Waals surface area contributed by atoms with Crippen molar-refractivity contribution < 1.29 is 4.79 Å². The molecule has 0 amide bonds. The molecule has 2 rings (SSSR count). The van der Waals surface area contributed by atoms with Crippen LogP contribution in [0.5, 0.6) is 0 Å². The molecule has 0 saturated heterocycles. The van der Waals surface area contributed by atoms with Gasteiger partial charge < -0.3 is 4.90 Å². The SMILES string of the molecule is CCN(CC1CC1)c1ccc(Cl)cc1C=O. The number of carbonyl (C=O) groups excluding carboxylic acids is 1. The third-order valence-electron chi connectivity index (χ3n) is 3.01. The zero-order chi connectivity index (χ0) is 11.5. The number of halogens is 1. The molecule has 1 aromatic carbocycles. The quantitative estimate of drug-likeness (QED) is 0.732. The average Bonchev–Trinajstić information content (AvgIpc) is 3.10. The molecule has 86 valence electrons. The second kappa shape index (κ2) is 4.88. The van der Waals surface area contributed by atoms with E-state index in [-0.39, 0.29) is 0 Å². The highest BCUT2D eigenvalue weighted by molar-refractivity contribution is 6.31. The van der Waals surface area contributed by atoms with Gasteiger partial charge in [0.05, 0.1) is 0 Å². The largest absolute Gasteiger partial charge is 0.371 e. The van der Waals surface area contributed by atoms with Crippen molar-refractivity contribution in [2.24, 2.45) is 5.92 Å². The minimum atomic E-state index is 0.619. The molecule has 0 bridgehead atoms. The fourth-order valence-electron chi connectivity index (χ4n) is 1.92. The molecule has 1 aliphatic rings. The molecule has 1 fully saturated rings. The second-order valence-electron chi connectivity index (χ2n) is 4.30. The van der Waals surface area contributed by atoms with Crippen molar-refractivity contribution in [1.29, 1.82) is 0 Å². The van der Waals surface area contributed by atoms with Crippen LogP contribution >= 0.6 is 11.6 Å². The van der Waals surface area contributed by atoms with E-state index < -0.39 is 0 Å². The summed E-state index contributed by atoms with van der Waals surface area (Å²) >= 11 is 5.88. The van der Waals surface area contributed by atoms with Crippen LogP contribution in [0, 0.1) is 5.92 Å². The van der Waals surface area contributed by atoms with Gasteiger partial charge >= 0.3 is 0 Å². The van der Waals surface area contributed by atoms with Crippen molar-refractivity contribution in [3.05, 3.63) is 28.8 Å². The number of nitrogens with zero attached hydrogens (tertiary/aromatic N) is 1. The van der Waals surface area contributed by atoms with E-state index >= 15 is 0 Å². The molecule has 0 atom stereocenters. The molecule has 0 aromatic heterocycles. The van der Waals surface area contributed by atoms with Crippen molar-refractivity contribution in [3.8, 4) is 0 Å². The Morgan fingerprint density at radius 1 is 1.50 bits per heavy atom. The van der Waals surface area contributed by atoms with E-state index in [1.165, 1.54) is 12.8 Å². The first-order valence-electron chi connectivity index (χ1n) is 5.74. The van der Waals surface area contributed by atoms with Gasteiger partial charge in [-0.15, -0.1) is 0 Å². The van der Waals surface area contributed by atoms with Crippen molar-refractivity contribution in [3.63, 3.8) is 0 Å². The Balaban J connectivity index is 2.24. The van der Waals surface area contributed by atoms with E-state index in [0.717, 1.165) is 31.0 Å². The standard InChI is InChI=1S/C13H16ClNO/c1-2-15(8-10-3-4-10)13-6-5-12(14)7-11(13)9-16/h5-7,9-10H,2-4,8H2,1H3. The summed E-state index contributed by atoms with van der Waals surface area (Å²) in [5, 5.41) is 0.619. The lowest BCUT2D eigenvalue weighted by atomic mass is 10.1. The van der Waals surface area contributed by atoms with E-state index in [4.69, 9.17) is 11.6 Å². The molecule has 0 spiro atoms. The van der Waals surface area contributed by atoms with E-state index in [9.17, 15) is 4.79 Å². The summed E-state index contributed by atoms with van der Waals surface area (Å²) in [5.74, 6) is 0.815. The van der Waals surface area contributed by atoms with Crippen LogP contribution in [0.15, 0.2) is 18.2 Å². The summed E-state index contributed by atoms with van der Waals surface area (Å²) in [6, 6.07) is 5.52.